The summed E-state index contributed by atoms with van der Waals surface area (Å²) in [5, 5.41) is 10.9. The Morgan fingerprint density at radius 1 is 0.260 bits per heavy atom. The van der Waals surface area contributed by atoms with E-state index in [1.54, 1.807) is 0 Å². The first-order valence-electron chi connectivity index (χ1n) is 34.7. The molecule has 0 aliphatic rings. The summed E-state index contributed by atoms with van der Waals surface area (Å²) in [5.74, 6) is 0. The lowest BCUT2D eigenvalue weighted by atomic mass is 9.78. The topological polar surface area (TPSA) is 25.2 Å². The average molecular weight is 1250 g/mol. The van der Waals surface area contributed by atoms with Crippen LogP contribution in [0.15, 0.2) is 217 Å². The lowest BCUT2D eigenvalue weighted by Crippen LogP contribution is -2.16. The van der Waals surface area contributed by atoms with Crippen molar-refractivity contribution in [3.63, 3.8) is 0 Å². The molecular formula is C92H89N3O. The van der Waals surface area contributed by atoms with Gasteiger partial charge in [-0.25, -0.2) is 0 Å². The van der Waals surface area contributed by atoms with Crippen LogP contribution in [0.3, 0.4) is 0 Å². The van der Waals surface area contributed by atoms with E-state index in [2.05, 4.69) is 351 Å². The van der Waals surface area contributed by atoms with Crippen molar-refractivity contribution in [2.45, 2.75) is 157 Å². The third kappa shape index (κ3) is 9.82. The summed E-state index contributed by atoms with van der Waals surface area (Å²) in [6.07, 6.45) is 0. The van der Waals surface area contributed by atoms with E-state index in [4.69, 9.17) is 4.42 Å². The highest BCUT2D eigenvalue weighted by molar-refractivity contribution is 6.36. The fraction of sp³-hybridized carbons (Fsp3) is 0.261. The van der Waals surface area contributed by atoms with E-state index in [1.165, 1.54) is 138 Å². The van der Waals surface area contributed by atoms with Gasteiger partial charge in [-0.15, -0.1) is 0 Å². The molecule has 16 aromatic rings. The molecule has 16 rings (SSSR count). The summed E-state index contributed by atoms with van der Waals surface area (Å²) in [4.78, 5) is 2.36. The molecule has 0 N–H and O–H groups in total. The van der Waals surface area contributed by atoms with Crippen LogP contribution in [0, 0.1) is 0 Å². The molecule has 0 radical (unpaired) electrons. The minimum absolute atomic E-state index is 0.0473. The smallest absolute Gasteiger partial charge is 0.213 e. The van der Waals surface area contributed by atoms with Gasteiger partial charge in [-0.2, -0.15) is 0 Å². The Balaban J connectivity index is 1.07. The number of para-hydroxylation sites is 3. The molecule has 4 heteroatoms. The molecular weight excluding hydrogens is 1160 g/mol. The van der Waals surface area contributed by atoms with Crippen LogP contribution in [0.4, 0.5) is 17.1 Å². The molecule has 0 aliphatic heterocycles. The minimum atomic E-state index is -0.0861. The number of rotatable bonds is 7. The second kappa shape index (κ2) is 20.9. The number of hydrogen-bond donors (Lipinski definition) is 0. The van der Waals surface area contributed by atoms with Crippen LogP contribution >= 0.6 is 0 Å². The Kier molecular flexibility index (Phi) is 13.4. The van der Waals surface area contributed by atoms with Gasteiger partial charge in [0.1, 0.15) is 5.58 Å². The summed E-state index contributed by atoms with van der Waals surface area (Å²) in [5.41, 5.74) is 28.3. The maximum Gasteiger partial charge on any atom is 0.213 e. The Morgan fingerprint density at radius 2 is 0.625 bits per heavy atom. The first kappa shape index (κ1) is 61.2. The van der Waals surface area contributed by atoms with E-state index in [1.807, 2.05) is 0 Å². The standard InChI is InChI=1S/C92H89N3O/c1-87(2,3)61-39-55(40-62(51-61)88(4,5)6)58-45-72(54-33-35-69(36-34-54)93(67-27-21-19-22-28-67)68-29-23-20-24-30-68)82-74(47-58)75-48-60(57-43-65(91(13,14)15)53-66(44-57)92(16,17)18)50-77-81-78(94(82)83(75)77)38-37-70-73-46-59(56-41-63(89(7,8)9)52-64(42-56)90(10,11)12)49-76-80-71-31-25-26-32-79(71)96-86(80)95(84(73)76)85(70)81/h19-53H,1-18H3. The molecule has 0 atom stereocenters. The maximum atomic E-state index is 7.29. The molecule has 0 bridgehead atoms. The summed E-state index contributed by atoms with van der Waals surface area (Å²) in [6.45, 7) is 42.3. The zero-order valence-corrected chi connectivity index (χ0v) is 59.5. The molecule has 96 heavy (non-hydrogen) atoms. The van der Waals surface area contributed by atoms with Crippen molar-refractivity contribution >= 4 is 104 Å². The monoisotopic (exact) mass is 1250 g/mol. The summed E-state index contributed by atoms with van der Waals surface area (Å²) < 4.78 is 12.5. The number of hydrogen-bond acceptors (Lipinski definition) is 2. The molecule has 4 nitrogen and oxygen atoms in total. The fourth-order valence-corrected chi connectivity index (χ4v) is 15.3. The van der Waals surface area contributed by atoms with Crippen molar-refractivity contribution in [1.82, 2.24) is 8.80 Å². The molecule has 11 aromatic carbocycles. The average Bonchev–Trinajstić information content (AvgIpc) is 1.50. The Labute approximate surface area is 566 Å². The van der Waals surface area contributed by atoms with E-state index >= 15 is 0 Å². The van der Waals surface area contributed by atoms with Gasteiger partial charge in [-0.1, -0.05) is 252 Å². The lowest BCUT2D eigenvalue weighted by Gasteiger charge is -2.26. The normalized spacial score (nSPS) is 13.3. The van der Waals surface area contributed by atoms with Gasteiger partial charge in [-0.3, -0.25) is 4.40 Å². The third-order valence-electron chi connectivity index (χ3n) is 21.0. The largest absolute Gasteiger partial charge is 0.439 e. The second-order valence-electron chi connectivity index (χ2n) is 34.0. The maximum absolute atomic E-state index is 7.29. The van der Waals surface area contributed by atoms with Crippen molar-refractivity contribution < 1.29 is 4.42 Å². The van der Waals surface area contributed by atoms with Crippen LogP contribution < -0.4 is 4.90 Å². The van der Waals surface area contributed by atoms with Gasteiger partial charge in [0.25, 0.3) is 0 Å². The molecule has 0 aliphatic carbocycles. The SMILES string of the molecule is CC(C)(C)c1cc(-c2cc(-c3ccc(N(c4ccccc4)c4ccccc4)cc3)c3c(c2)c2cc(-c4cc(C(C)(C)C)cc(C(C)(C)C)c4)cc4c5c(ccc6c7cc(-c8cc(C(C)(C)C)cc(C(C)(C)C)c8)cc8c9c%10ccccc%10oc9n(c78)c65)n3c24)cc(C(C)(C)C)c1. The Bertz CT molecular complexity index is 5650. The fourth-order valence-electron chi connectivity index (χ4n) is 15.3. The first-order valence-corrected chi connectivity index (χ1v) is 34.7. The first-order chi connectivity index (χ1) is 45.4. The van der Waals surface area contributed by atoms with E-state index in [9.17, 15) is 0 Å². The number of fused-ring (bicyclic) bond motifs is 15. The van der Waals surface area contributed by atoms with E-state index in [0.717, 1.165) is 44.7 Å². The zero-order chi connectivity index (χ0) is 67.2. The van der Waals surface area contributed by atoms with E-state index in [0.29, 0.717) is 0 Å². The molecule has 0 spiro atoms. The number of benzene rings is 11. The predicted octanol–water partition coefficient (Wildman–Crippen LogP) is 26.7. The van der Waals surface area contributed by atoms with Gasteiger partial charge in [0.05, 0.1) is 33.0 Å². The van der Waals surface area contributed by atoms with Crippen LogP contribution in [-0.2, 0) is 32.5 Å². The highest BCUT2D eigenvalue weighted by atomic mass is 16.3. The van der Waals surface area contributed by atoms with Gasteiger partial charge in [0, 0.05) is 65.7 Å². The molecule has 5 heterocycles. The summed E-state index contributed by atoms with van der Waals surface area (Å²) in [7, 11) is 0. The van der Waals surface area contributed by atoms with Crippen molar-refractivity contribution in [1.29, 1.82) is 0 Å². The van der Waals surface area contributed by atoms with Crippen LogP contribution in [0.25, 0.3) is 132 Å². The number of furan rings is 1. The van der Waals surface area contributed by atoms with E-state index < -0.39 is 0 Å². The van der Waals surface area contributed by atoms with Crippen molar-refractivity contribution in [2.75, 3.05) is 4.90 Å². The Hall–Kier alpha value is -9.64. The van der Waals surface area contributed by atoms with Gasteiger partial charge < -0.3 is 13.7 Å². The summed E-state index contributed by atoms with van der Waals surface area (Å²) >= 11 is 0. The molecule has 0 amide bonds. The second-order valence-corrected chi connectivity index (χ2v) is 34.0. The van der Waals surface area contributed by atoms with Gasteiger partial charge in [0.15, 0.2) is 0 Å². The van der Waals surface area contributed by atoms with Gasteiger partial charge in [-0.05, 0) is 190 Å². The highest BCUT2D eigenvalue weighted by Crippen LogP contribution is 2.53. The van der Waals surface area contributed by atoms with Crippen molar-refractivity contribution in [3.05, 3.63) is 246 Å². The lowest BCUT2D eigenvalue weighted by molar-refractivity contribution is 0.568. The zero-order valence-electron chi connectivity index (χ0n) is 59.5. The molecule has 0 fully saturated rings. The van der Waals surface area contributed by atoms with E-state index in [-0.39, 0.29) is 32.5 Å². The molecule has 0 unspecified atom stereocenters. The summed E-state index contributed by atoms with van der Waals surface area (Å²) in [6, 6.07) is 81.7. The van der Waals surface area contributed by atoms with Crippen LogP contribution in [0.1, 0.15) is 158 Å². The Morgan fingerprint density at radius 3 is 1.08 bits per heavy atom. The molecule has 0 saturated carbocycles. The molecule has 478 valence electrons. The number of anilines is 3. The quantitative estimate of drug-likeness (QED) is 0.159. The van der Waals surface area contributed by atoms with Crippen LogP contribution in [0.2, 0.25) is 0 Å². The number of nitrogens with zero attached hydrogens (tertiary/aromatic N) is 3. The minimum Gasteiger partial charge on any atom is -0.439 e. The van der Waals surface area contributed by atoms with Crippen LogP contribution in [-0.4, -0.2) is 8.80 Å². The third-order valence-corrected chi connectivity index (χ3v) is 21.0. The molecule has 0 saturated heterocycles. The number of aromatic nitrogens is 2. The highest BCUT2D eigenvalue weighted by Gasteiger charge is 2.32. The van der Waals surface area contributed by atoms with Gasteiger partial charge >= 0.3 is 0 Å². The van der Waals surface area contributed by atoms with Crippen molar-refractivity contribution in [3.8, 4) is 44.5 Å². The predicted molar refractivity (Wildman–Crippen MR) is 414 cm³/mol. The van der Waals surface area contributed by atoms with Gasteiger partial charge in [0.2, 0.25) is 5.71 Å². The molecule has 5 aromatic heterocycles. The van der Waals surface area contributed by atoms with Crippen LogP contribution in [0.5, 0.6) is 0 Å². The van der Waals surface area contributed by atoms with Crippen molar-refractivity contribution in [2.24, 2.45) is 0 Å².